The highest BCUT2D eigenvalue weighted by Crippen LogP contribution is 2.39. The van der Waals surface area contributed by atoms with Crippen LogP contribution in [0.4, 0.5) is 5.82 Å². The third-order valence-electron chi connectivity index (χ3n) is 4.86. The fourth-order valence-corrected chi connectivity index (χ4v) is 6.70. The Labute approximate surface area is 190 Å². The van der Waals surface area contributed by atoms with Crippen molar-refractivity contribution < 1.29 is 13.2 Å². The van der Waals surface area contributed by atoms with Crippen LogP contribution in [0.5, 0.6) is 0 Å². The molecule has 166 valence electrons. The standard InChI is InChI=1S/C21H25N3O4S3/c1-12(2)10-11-29-20-18-19(22-21(26)24(18)13(3)15(5)30-20)23-31(27,28)17-8-6-16(7-9-17)14(4)25/h6-9,12H,10-11H2,1-5H3,(H,22,23,26). The number of carbonyl (C=O) groups is 1. The van der Waals surface area contributed by atoms with Crippen LogP contribution in [-0.2, 0) is 10.0 Å². The molecule has 0 radical (unpaired) electrons. The van der Waals surface area contributed by atoms with Gasteiger partial charge < -0.3 is 0 Å². The molecule has 2 aliphatic rings. The van der Waals surface area contributed by atoms with Crippen molar-refractivity contribution in [3.63, 3.8) is 0 Å². The first-order valence-corrected chi connectivity index (χ1v) is 13.1. The van der Waals surface area contributed by atoms with E-state index in [1.54, 1.807) is 11.8 Å². The van der Waals surface area contributed by atoms with Crippen molar-refractivity contribution in [2.75, 3.05) is 10.5 Å². The van der Waals surface area contributed by atoms with Gasteiger partial charge in [-0.25, -0.2) is 13.2 Å². The molecule has 3 rings (SSSR count). The molecule has 0 saturated heterocycles. The van der Waals surface area contributed by atoms with Crippen LogP contribution in [0.3, 0.4) is 0 Å². The average molecular weight is 480 g/mol. The number of nitrogens with one attached hydrogen (secondary N) is 1. The van der Waals surface area contributed by atoms with Crippen LogP contribution in [0.25, 0.3) is 5.69 Å². The van der Waals surface area contributed by atoms with Crippen molar-refractivity contribution in [2.24, 2.45) is 5.92 Å². The van der Waals surface area contributed by atoms with Crippen LogP contribution in [0.1, 0.15) is 48.1 Å². The van der Waals surface area contributed by atoms with Gasteiger partial charge in [0.25, 0.3) is 10.0 Å². The van der Waals surface area contributed by atoms with Gasteiger partial charge in [-0.15, -0.1) is 23.1 Å². The first-order valence-electron chi connectivity index (χ1n) is 9.80. The maximum absolute atomic E-state index is 13.0. The van der Waals surface area contributed by atoms with E-state index < -0.39 is 15.7 Å². The smallest absolute Gasteiger partial charge is 0.295 e. The number of nitrogens with zero attached hydrogens (tertiary/aromatic N) is 2. The number of rotatable bonds is 8. The van der Waals surface area contributed by atoms with Crippen LogP contribution in [0.2, 0.25) is 0 Å². The van der Waals surface area contributed by atoms with Gasteiger partial charge >= 0.3 is 5.69 Å². The topological polar surface area (TPSA) is 98.1 Å². The summed E-state index contributed by atoms with van der Waals surface area (Å²) in [6.07, 6.45) is 0.998. The molecule has 0 fully saturated rings. The van der Waals surface area contributed by atoms with E-state index in [2.05, 4.69) is 23.6 Å². The number of hydrogen-bond acceptors (Lipinski definition) is 7. The lowest BCUT2D eigenvalue weighted by Gasteiger charge is -2.16. The first-order chi connectivity index (χ1) is 14.5. The van der Waals surface area contributed by atoms with Crippen LogP contribution in [0, 0.1) is 19.8 Å². The molecule has 1 aromatic carbocycles. The van der Waals surface area contributed by atoms with Crippen molar-refractivity contribution >= 4 is 44.7 Å². The fraction of sp³-hybridized carbons (Fsp3) is 0.381. The average Bonchev–Trinajstić information content (AvgIpc) is 3.01. The number of fused-ring (bicyclic) bond motifs is 1. The molecule has 2 aliphatic heterocycles. The predicted octanol–water partition coefficient (Wildman–Crippen LogP) is 4.49. The Kier molecular flexibility index (Phi) is 6.92. The number of hydrogen-bond donors (Lipinski definition) is 1. The monoisotopic (exact) mass is 479 g/mol. The number of benzene rings is 1. The number of Topliss-reactive ketones (excluding diaryl/α,β-unsaturated/α-hetero) is 1. The van der Waals surface area contributed by atoms with E-state index in [9.17, 15) is 18.0 Å². The Hall–Kier alpha value is -2.17. The van der Waals surface area contributed by atoms with Gasteiger partial charge in [0.1, 0.15) is 5.69 Å². The summed E-state index contributed by atoms with van der Waals surface area (Å²) in [5.74, 6) is 1.26. The molecule has 7 nitrogen and oxygen atoms in total. The van der Waals surface area contributed by atoms with Crippen molar-refractivity contribution in [1.82, 2.24) is 9.55 Å². The lowest BCUT2D eigenvalue weighted by molar-refractivity contribution is 0.101. The molecule has 0 aliphatic carbocycles. The van der Waals surface area contributed by atoms with Crippen LogP contribution >= 0.6 is 23.1 Å². The van der Waals surface area contributed by atoms with Crippen molar-refractivity contribution in [3.05, 3.63) is 50.9 Å². The zero-order valence-corrected chi connectivity index (χ0v) is 20.5. The predicted molar refractivity (Wildman–Crippen MR) is 126 cm³/mol. The molecular formula is C21H25N3O4S3. The molecule has 0 atom stereocenters. The van der Waals surface area contributed by atoms with Crippen LogP contribution < -0.4 is 10.4 Å². The molecule has 0 aromatic heterocycles. The molecule has 2 heterocycles. The molecule has 0 spiro atoms. The van der Waals surface area contributed by atoms with E-state index in [4.69, 9.17) is 0 Å². The summed E-state index contributed by atoms with van der Waals surface area (Å²) < 4.78 is 30.7. The van der Waals surface area contributed by atoms with Gasteiger partial charge in [0, 0.05) is 16.1 Å². The molecular weight excluding hydrogens is 454 g/mol. The molecule has 0 unspecified atom stereocenters. The minimum atomic E-state index is -3.99. The van der Waals surface area contributed by atoms with Gasteiger partial charge in [-0.2, -0.15) is 4.98 Å². The quantitative estimate of drug-likeness (QED) is 0.378. The highest BCUT2D eigenvalue weighted by Gasteiger charge is 2.27. The number of aromatic nitrogens is 2. The Morgan fingerprint density at radius 2 is 1.87 bits per heavy atom. The normalized spacial score (nSPS) is 11.9. The van der Waals surface area contributed by atoms with Crippen molar-refractivity contribution in [2.45, 2.75) is 50.1 Å². The Bertz CT molecular complexity index is 1240. The number of thioether (sulfide) groups is 1. The third kappa shape index (κ3) is 5.02. The van der Waals surface area contributed by atoms with E-state index in [0.29, 0.717) is 17.2 Å². The number of ketones is 1. The number of carbonyl (C=O) groups excluding carboxylic acids is 1. The summed E-state index contributed by atoms with van der Waals surface area (Å²) in [7, 11) is -3.99. The largest absolute Gasteiger partial charge is 0.354 e. The maximum Gasteiger partial charge on any atom is 0.354 e. The SMILES string of the molecule is CC(=O)c1ccc(S(=O)(=O)Nc2nc(=O)n3c(C)c(C)sc(SCCC(C)C)c2-3)cc1. The maximum atomic E-state index is 13.0. The van der Waals surface area contributed by atoms with E-state index in [1.165, 1.54) is 47.1 Å². The lowest BCUT2D eigenvalue weighted by atomic mass is 10.2. The van der Waals surface area contributed by atoms with Gasteiger partial charge in [0.2, 0.25) is 0 Å². The summed E-state index contributed by atoms with van der Waals surface area (Å²) in [5, 5.41) is 0. The highest BCUT2D eigenvalue weighted by molar-refractivity contribution is 8.01. The Morgan fingerprint density at radius 3 is 2.45 bits per heavy atom. The van der Waals surface area contributed by atoms with Gasteiger partial charge in [-0.1, -0.05) is 26.0 Å². The zero-order valence-electron chi connectivity index (χ0n) is 18.1. The first kappa shape index (κ1) is 23.5. The molecule has 31 heavy (non-hydrogen) atoms. The van der Waals surface area contributed by atoms with Crippen LogP contribution in [-0.4, -0.2) is 29.5 Å². The Morgan fingerprint density at radius 1 is 1.23 bits per heavy atom. The molecule has 1 N–H and O–H groups in total. The zero-order chi connectivity index (χ0) is 22.9. The van der Waals surface area contributed by atoms with Gasteiger partial charge in [0.05, 0.1) is 9.10 Å². The Balaban J connectivity index is 2.03. The van der Waals surface area contributed by atoms with E-state index in [0.717, 1.165) is 27.0 Å². The third-order valence-corrected chi connectivity index (χ3v) is 8.70. The lowest BCUT2D eigenvalue weighted by Crippen LogP contribution is -2.17. The molecule has 0 saturated carbocycles. The molecule has 1 aromatic rings. The summed E-state index contributed by atoms with van der Waals surface area (Å²) in [6.45, 7) is 9.46. The van der Waals surface area contributed by atoms with Gasteiger partial charge in [-0.05, 0) is 51.0 Å². The number of anilines is 1. The minimum absolute atomic E-state index is 0.00684. The number of sulfonamides is 1. The highest BCUT2D eigenvalue weighted by atomic mass is 32.2. The van der Waals surface area contributed by atoms with Gasteiger partial charge in [-0.3, -0.25) is 14.1 Å². The number of aryl methyl sites for hydroxylation is 1. The van der Waals surface area contributed by atoms with Crippen molar-refractivity contribution in [1.29, 1.82) is 0 Å². The second-order valence-corrected chi connectivity index (χ2v) is 11.9. The van der Waals surface area contributed by atoms with E-state index in [1.807, 2.05) is 13.8 Å². The van der Waals surface area contributed by atoms with E-state index >= 15 is 0 Å². The second kappa shape index (κ2) is 9.13. The fourth-order valence-electron chi connectivity index (χ4n) is 2.93. The molecule has 0 amide bonds. The second-order valence-electron chi connectivity index (χ2n) is 7.68. The van der Waals surface area contributed by atoms with Gasteiger partial charge in [0.15, 0.2) is 11.6 Å². The molecule has 0 bridgehead atoms. The molecule has 10 heteroatoms. The summed E-state index contributed by atoms with van der Waals surface area (Å²) in [6, 6.07) is 5.66. The number of imidazole rings is 1. The van der Waals surface area contributed by atoms with Crippen molar-refractivity contribution in [3.8, 4) is 5.69 Å². The summed E-state index contributed by atoms with van der Waals surface area (Å²) in [4.78, 5) is 29.1. The minimum Gasteiger partial charge on any atom is -0.295 e. The summed E-state index contributed by atoms with van der Waals surface area (Å²) >= 11 is 3.13. The van der Waals surface area contributed by atoms with E-state index in [-0.39, 0.29) is 16.5 Å². The summed E-state index contributed by atoms with van der Waals surface area (Å²) in [5.41, 5.74) is 1.13. The van der Waals surface area contributed by atoms with Crippen LogP contribution in [0.15, 0.2) is 38.2 Å².